The van der Waals surface area contributed by atoms with Crippen LogP contribution in [0.4, 0.5) is 0 Å². The third-order valence-corrected chi connectivity index (χ3v) is 16.1. The molecule has 6 nitrogen and oxygen atoms in total. The second-order valence-corrected chi connectivity index (χ2v) is 23.5. The highest BCUT2D eigenvalue weighted by molar-refractivity contribution is 5.80. The highest BCUT2D eigenvalue weighted by Crippen LogP contribution is 2.19. The highest BCUT2D eigenvalue weighted by Gasteiger charge is 2.28. The van der Waals surface area contributed by atoms with E-state index in [1.165, 1.54) is 283 Å². The minimum absolute atomic E-state index is 0.362. The molecule has 0 heterocycles. The number of aliphatic hydroxyl groups excluding tert-OH is 4. The molecule has 5 N–H and O–H groups in total. The number of hydrogen-bond donors (Lipinski definition) is 5. The van der Waals surface area contributed by atoms with Crippen LogP contribution in [0.15, 0.2) is 36.5 Å². The summed E-state index contributed by atoms with van der Waals surface area (Å²) in [5.41, 5.74) is 0. The van der Waals surface area contributed by atoms with Crippen molar-refractivity contribution in [3.05, 3.63) is 36.5 Å². The van der Waals surface area contributed by atoms with Gasteiger partial charge in [0.15, 0.2) is 0 Å². The highest BCUT2D eigenvalue weighted by atomic mass is 16.3. The van der Waals surface area contributed by atoms with Crippen molar-refractivity contribution < 1.29 is 25.2 Å². The van der Waals surface area contributed by atoms with Gasteiger partial charge < -0.3 is 25.7 Å². The predicted molar refractivity (Wildman–Crippen MR) is 330 cm³/mol. The van der Waals surface area contributed by atoms with E-state index in [4.69, 9.17) is 0 Å². The van der Waals surface area contributed by atoms with Crippen LogP contribution < -0.4 is 5.32 Å². The Morgan fingerprint density at radius 3 is 0.840 bits per heavy atom. The lowest BCUT2D eigenvalue weighted by molar-refractivity contribution is -0.132. The molecule has 0 bridgehead atoms. The number of nitrogens with one attached hydrogen (secondary N) is 1. The molecule has 0 aromatic rings. The summed E-state index contributed by atoms with van der Waals surface area (Å²) < 4.78 is 0. The first kappa shape index (κ1) is 73.5. The van der Waals surface area contributed by atoms with Crippen LogP contribution in [0.2, 0.25) is 0 Å². The van der Waals surface area contributed by atoms with E-state index in [2.05, 4.69) is 55.6 Å². The molecule has 0 fully saturated rings. The first-order chi connectivity index (χ1) is 37.0. The number of unbranched alkanes of at least 4 members (excludes halogenated alkanes) is 48. The smallest absolute Gasteiger partial charge is 0.249 e. The van der Waals surface area contributed by atoms with E-state index >= 15 is 0 Å². The molecule has 0 aromatic heterocycles. The predicted octanol–water partition coefficient (Wildman–Crippen LogP) is 20.7. The van der Waals surface area contributed by atoms with Crippen molar-refractivity contribution in [2.45, 2.75) is 391 Å². The van der Waals surface area contributed by atoms with Crippen molar-refractivity contribution in [1.82, 2.24) is 5.32 Å². The van der Waals surface area contributed by atoms with Gasteiger partial charge in [-0.2, -0.15) is 0 Å². The summed E-state index contributed by atoms with van der Waals surface area (Å²) in [5, 5.41) is 44.1. The largest absolute Gasteiger partial charge is 0.394 e. The fourth-order valence-electron chi connectivity index (χ4n) is 10.8. The minimum Gasteiger partial charge on any atom is -0.394 e. The number of carbonyl (C=O) groups excluding carboxylic acids is 1. The van der Waals surface area contributed by atoms with Gasteiger partial charge in [-0.25, -0.2) is 0 Å². The summed E-state index contributed by atoms with van der Waals surface area (Å²) in [5.74, 6) is -0.593. The zero-order valence-electron chi connectivity index (χ0n) is 50.6. The summed E-state index contributed by atoms with van der Waals surface area (Å²) in [7, 11) is 0. The van der Waals surface area contributed by atoms with Crippen LogP contribution in [0.5, 0.6) is 0 Å². The standard InChI is InChI=1S/C69H133NO5/c1-3-5-7-9-11-13-15-17-19-21-23-25-27-29-30-31-32-33-34-35-36-37-39-41-43-45-47-49-51-53-55-57-59-61-63-67(73)69(75)70-65(64-71)68(74)66(72)62-60-58-56-54-52-50-48-46-44-42-40-38-28-26-24-22-20-18-16-14-12-10-8-6-4-2/h38,40,46,48,54,56,65-68,71-74H,3-37,39,41-45,47,49-53,55,57-64H2,1-2H3,(H,70,75)/b40-38+,48-46+,56-54+. The quantitative estimate of drug-likeness (QED) is 0.0308. The van der Waals surface area contributed by atoms with Crippen LogP contribution >= 0.6 is 0 Å². The maximum atomic E-state index is 12.6. The summed E-state index contributed by atoms with van der Waals surface area (Å²) in [6.07, 6.45) is 81.3. The molecule has 1 amide bonds. The van der Waals surface area contributed by atoms with Gasteiger partial charge in [0.25, 0.3) is 0 Å². The molecule has 0 saturated carbocycles. The Morgan fingerprint density at radius 1 is 0.320 bits per heavy atom. The van der Waals surface area contributed by atoms with Gasteiger partial charge in [0, 0.05) is 0 Å². The normalized spacial score (nSPS) is 13.7. The lowest BCUT2D eigenvalue weighted by atomic mass is 10.00. The summed E-state index contributed by atoms with van der Waals surface area (Å²) in [6, 6.07) is -1.01. The summed E-state index contributed by atoms with van der Waals surface area (Å²) in [4.78, 5) is 12.6. The van der Waals surface area contributed by atoms with Crippen molar-refractivity contribution in [1.29, 1.82) is 0 Å². The van der Waals surface area contributed by atoms with Crippen molar-refractivity contribution in [3.8, 4) is 0 Å². The fraction of sp³-hybridized carbons (Fsp3) is 0.899. The van der Waals surface area contributed by atoms with Crippen LogP contribution in [-0.4, -0.2) is 57.3 Å². The fourth-order valence-corrected chi connectivity index (χ4v) is 10.8. The molecule has 0 aliphatic rings. The van der Waals surface area contributed by atoms with Crippen LogP contribution in [0.3, 0.4) is 0 Å². The molecule has 0 aliphatic carbocycles. The number of allylic oxidation sites excluding steroid dienone is 6. The first-order valence-corrected chi connectivity index (χ1v) is 33.9. The third kappa shape index (κ3) is 57.0. The Balaban J connectivity index is 3.58. The second kappa shape index (κ2) is 63.4. The second-order valence-electron chi connectivity index (χ2n) is 23.5. The summed E-state index contributed by atoms with van der Waals surface area (Å²) in [6.45, 7) is 4.09. The van der Waals surface area contributed by atoms with E-state index < -0.39 is 36.9 Å². The molecular weight excluding hydrogens is 923 g/mol. The van der Waals surface area contributed by atoms with Crippen LogP contribution in [-0.2, 0) is 4.79 Å². The average molecular weight is 1060 g/mol. The summed E-state index contributed by atoms with van der Waals surface area (Å²) >= 11 is 0. The van der Waals surface area contributed by atoms with Crippen molar-refractivity contribution in [2.24, 2.45) is 0 Å². The molecule has 444 valence electrons. The number of carbonyl (C=O) groups is 1. The van der Waals surface area contributed by atoms with E-state index in [-0.39, 0.29) is 0 Å². The zero-order valence-corrected chi connectivity index (χ0v) is 50.6. The van der Waals surface area contributed by atoms with E-state index in [9.17, 15) is 25.2 Å². The Morgan fingerprint density at radius 2 is 0.560 bits per heavy atom. The van der Waals surface area contributed by atoms with Gasteiger partial charge in [-0.15, -0.1) is 0 Å². The molecule has 0 radical (unpaired) electrons. The maximum Gasteiger partial charge on any atom is 0.249 e. The Labute approximate surface area is 468 Å². The van der Waals surface area contributed by atoms with Crippen molar-refractivity contribution in [2.75, 3.05) is 6.61 Å². The van der Waals surface area contributed by atoms with Gasteiger partial charge in [-0.05, 0) is 64.2 Å². The maximum absolute atomic E-state index is 12.6. The van der Waals surface area contributed by atoms with Crippen LogP contribution in [0, 0.1) is 0 Å². The number of hydrogen-bond acceptors (Lipinski definition) is 5. The van der Waals surface area contributed by atoms with Crippen molar-refractivity contribution >= 4 is 5.91 Å². The van der Waals surface area contributed by atoms with Gasteiger partial charge in [0.1, 0.15) is 12.2 Å². The molecule has 0 aliphatic heterocycles. The van der Waals surface area contributed by atoms with Gasteiger partial charge in [0.2, 0.25) is 5.91 Å². The first-order valence-electron chi connectivity index (χ1n) is 33.9. The van der Waals surface area contributed by atoms with E-state index in [1.807, 2.05) is 0 Å². The molecule has 0 saturated heterocycles. The van der Waals surface area contributed by atoms with Gasteiger partial charge in [-0.1, -0.05) is 339 Å². The van der Waals surface area contributed by atoms with Gasteiger partial charge in [-0.3, -0.25) is 4.79 Å². The Hall–Kier alpha value is -1.47. The van der Waals surface area contributed by atoms with E-state index in [0.29, 0.717) is 19.3 Å². The van der Waals surface area contributed by atoms with E-state index in [0.717, 1.165) is 51.4 Å². The Kier molecular flexibility index (Phi) is 62.1. The molecule has 4 atom stereocenters. The SMILES string of the molecule is CCCCCCCCCCCCCC/C=C/CC/C=C/CC/C=C/CCCC(O)C(O)C(CO)NC(=O)C(O)CCCCCCCCCCCCCCCCCCCCCCCCCCCCCCCCCCCC. The number of amides is 1. The number of aliphatic hydroxyl groups is 4. The Bertz CT molecular complexity index is 1190. The lowest BCUT2D eigenvalue weighted by Gasteiger charge is -2.27. The molecular formula is C69H133NO5. The monoisotopic (exact) mass is 1060 g/mol. The minimum atomic E-state index is -1.29. The van der Waals surface area contributed by atoms with Gasteiger partial charge >= 0.3 is 0 Å². The third-order valence-electron chi connectivity index (χ3n) is 16.1. The number of rotatable bonds is 63. The topological polar surface area (TPSA) is 110 Å². The average Bonchev–Trinajstić information content (AvgIpc) is 3.42. The molecule has 75 heavy (non-hydrogen) atoms. The van der Waals surface area contributed by atoms with Crippen LogP contribution in [0.25, 0.3) is 0 Å². The lowest BCUT2D eigenvalue weighted by Crippen LogP contribution is -2.53. The molecule has 4 unspecified atom stereocenters. The van der Waals surface area contributed by atoms with Crippen LogP contribution in [0.1, 0.15) is 367 Å². The zero-order chi connectivity index (χ0) is 54.4. The molecule has 0 rings (SSSR count). The molecule has 0 aromatic carbocycles. The van der Waals surface area contributed by atoms with E-state index in [1.54, 1.807) is 0 Å². The van der Waals surface area contributed by atoms with Crippen molar-refractivity contribution in [3.63, 3.8) is 0 Å². The molecule has 0 spiro atoms. The van der Waals surface area contributed by atoms with Gasteiger partial charge in [0.05, 0.1) is 18.8 Å². The molecule has 6 heteroatoms.